The lowest BCUT2D eigenvalue weighted by Gasteiger charge is -2.25. The molecule has 0 saturated carbocycles. The van der Waals surface area contributed by atoms with Crippen molar-refractivity contribution in [1.29, 1.82) is 0 Å². The minimum absolute atomic E-state index is 0.0587. The Bertz CT molecular complexity index is 1110. The van der Waals surface area contributed by atoms with Gasteiger partial charge in [0.25, 0.3) is 0 Å². The standard InChI is InChI=1S/C53H103N2O6P/c1-6-8-10-12-14-16-18-20-22-23-24-25-26-27-28-29-30-31-33-34-36-38-40-42-44-46-52(56)51(50-61-62(58,59)60-49-48-55(3,4)5)54-53(57)47-45-43-41-39-37-35-32-21-19-17-15-13-11-9-7-2/h15,17,21,32,44,46,51-52,56H,6-14,16,18-20,22-31,33-43,45,47-50H2,1-5H3,(H-,54,57,58,59)/p+1/b17-15-,32-21-,46-44+. The SMILES string of the molecule is CCCCC/C=C\C/C=C\CCCCCCCC(=O)NC(COP(=O)(O)OCC[N+](C)(C)C)C(O)/C=C/CCCCCCCCCCCCCCCCCCCCCCCCC. The summed E-state index contributed by atoms with van der Waals surface area (Å²) in [5, 5.41) is 13.9. The number of hydrogen-bond acceptors (Lipinski definition) is 5. The fraction of sp³-hybridized carbons (Fsp3) is 0.868. The van der Waals surface area contributed by atoms with E-state index in [9.17, 15) is 19.4 Å². The predicted octanol–water partition coefficient (Wildman–Crippen LogP) is 15.4. The van der Waals surface area contributed by atoms with E-state index in [-0.39, 0.29) is 19.1 Å². The molecule has 3 atom stereocenters. The number of aliphatic hydroxyl groups is 1. The Morgan fingerprint density at radius 1 is 0.548 bits per heavy atom. The number of carbonyl (C=O) groups is 1. The number of nitrogens with zero attached hydrogens (tertiary/aromatic N) is 1. The Balaban J connectivity index is 4.25. The molecule has 0 aliphatic carbocycles. The average molecular weight is 896 g/mol. The monoisotopic (exact) mass is 896 g/mol. The molecule has 0 aliphatic rings. The van der Waals surface area contributed by atoms with Crippen LogP contribution >= 0.6 is 7.82 Å². The first kappa shape index (κ1) is 60.7. The molecule has 9 heteroatoms. The summed E-state index contributed by atoms with van der Waals surface area (Å²) < 4.78 is 23.6. The van der Waals surface area contributed by atoms with Crippen LogP contribution in [0.4, 0.5) is 0 Å². The molecule has 0 aromatic heterocycles. The number of hydrogen-bond donors (Lipinski definition) is 3. The van der Waals surface area contributed by atoms with Crippen LogP contribution in [0.25, 0.3) is 0 Å². The van der Waals surface area contributed by atoms with E-state index in [0.717, 1.165) is 64.2 Å². The van der Waals surface area contributed by atoms with E-state index >= 15 is 0 Å². The molecule has 8 nitrogen and oxygen atoms in total. The van der Waals surface area contributed by atoms with Crippen LogP contribution in [0.15, 0.2) is 36.5 Å². The quantitative estimate of drug-likeness (QED) is 0.0243. The highest BCUT2D eigenvalue weighted by Gasteiger charge is 2.27. The second-order valence-corrected chi connectivity index (χ2v) is 20.7. The van der Waals surface area contributed by atoms with Gasteiger partial charge in [-0.3, -0.25) is 13.8 Å². The molecule has 3 N–H and O–H groups in total. The second-order valence-electron chi connectivity index (χ2n) is 19.3. The molecule has 62 heavy (non-hydrogen) atoms. The van der Waals surface area contributed by atoms with Crippen molar-refractivity contribution in [1.82, 2.24) is 5.32 Å². The van der Waals surface area contributed by atoms with Crippen molar-refractivity contribution in [2.75, 3.05) is 40.9 Å². The fourth-order valence-corrected chi connectivity index (χ4v) is 8.40. The van der Waals surface area contributed by atoms with E-state index in [1.165, 1.54) is 161 Å². The van der Waals surface area contributed by atoms with Gasteiger partial charge in [-0.15, -0.1) is 0 Å². The van der Waals surface area contributed by atoms with Crippen molar-refractivity contribution in [3.8, 4) is 0 Å². The lowest BCUT2D eigenvalue weighted by atomic mass is 10.0. The number of carbonyl (C=O) groups excluding carboxylic acids is 1. The normalized spacial score (nSPS) is 14.4. The summed E-state index contributed by atoms with van der Waals surface area (Å²) in [4.78, 5) is 23.2. The van der Waals surface area contributed by atoms with Crippen LogP contribution in [-0.2, 0) is 18.4 Å². The Morgan fingerprint density at radius 2 is 0.919 bits per heavy atom. The van der Waals surface area contributed by atoms with Gasteiger partial charge in [0.05, 0.1) is 39.9 Å². The number of phosphoric acid groups is 1. The molecule has 0 aliphatic heterocycles. The van der Waals surface area contributed by atoms with Gasteiger partial charge in [-0.2, -0.15) is 0 Å². The Morgan fingerprint density at radius 3 is 1.35 bits per heavy atom. The molecule has 0 aromatic rings. The molecule has 0 fully saturated rings. The Kier molecular flexibility index (Phi) is 44.0. The van der Waals surface area contributed by atoms with Crippen molar-refractivity contribution in [2.45, 2.75) is 257 Å². The first-order chi connectivity index (χ1) is 30.0. The summed E-state index contributed by atoms with van der Waals surface area (Å²) in [5.41, 5.74) is 0. The largest absolute Gasteiger partial charge is 0.472 e. The lowest BCUT2D eigenvalue weighted by Crippen LogP contribution is -2.45. The van der Waals surface area contributed by atoms with Gasteiger partial charge in [0.1, 0.15) is 13.2 Å². The fourth-order valence-electron chi connectivity index (χ4n) is 7.66. The van der Waals surface area contributed by atoms with Gasteiger partial charge in [-0.1, -0.05) is 224 Å². The number of phosphoric ester groups is 1. The van der Waals surface area contributed by atoms with Crippen LogP contribution in [0.5, 0.6) is 0 Å². The van der Waals surface area contributed by atoms with Crippen LogP contribution in [0.3, 0.4) is 0 Å². The first-order valence-electron chi connectivity index (χ1n) is 26.4. The maximum atomic E-state index is 12.9. The molecule has 0 spiro atoms. The van der Waals surface area contributed by atoms with Gasteiger partial charge in [0, 0.05) is 6.42 Å². The first-order valence-corrected chi connectivity index (χ1v) is 27.9. The van der Waals surface area contributed by atoms with Crippen molar-refractivity contribution in [2.24, 2.45) is 0 Å². The highest BCUT2D eigenvalue weighted by atomic mass is 31.2. The van der Waals surface area contributed by atoms with Crippen LogP contribution in [0.1, 0.15) is 245 Å². The molecule has 0 rings (SSSR count). The molecular formula is C53H104N2O6P+. The predicted molar refractivity (Wildman–Crippen MR) is 268 cm³/mol. The summed E-state index contributed by atoms with van der Waals surface area (Å²) in [6.45, 7) is 4.80. The number of amides is 1. The smallest absolute Gasteiger partial charge is 0.387 e. The van der Waals surface area contributed by atoms with Crippen molar-refractivity contribution in [3.05, 3.63) is 36.5 Å². The van der Waals surface area contributed by atoms with E-state index in [0.29, 0.717) is 17.4 Å². The zero-order chi connectivity index (χ0) is 45.7. The van der Waals surface area contributed by atoms with E-state index in [1.54, 1.807) is 6.08 Å². The van der Waals surface area contributed by atoms with Crippen molar-refractivity contribution >= 4 is 13.7 Å². The van der Waals surface area contributed by atoms with Gasteiger partial charge in [-0.05, 0) is 51.4 Å². The summed E-state index contributed by atoms with van der Waals surface area (Å²) in [7, 11) is 1.57. The minimum Gasteiger partial charge on any atom is -0.387 e. The second kappa shape index (κ2) is 44.9. The van der Waals surface area contributed by atoms with Gasteiger partial charge in [0.2, 0.25) is 5.91 Å². The van der Waals surface area contributed by atoms with E-state index in [1.807, 2.05) is 27.2 Å². The maximum absolute atomic E-state index is 12.9. The molecule has 0 bridgehead atoms. The van der Waals surface area contributed by atoms with Crippen molar-refractivity contribution < 1.29 is 32.9 Å². The van der Waals surface area contributed by atoms with E-state index in [2.05, 4.69) is 43.5 Å². The maximum Gasteiger partial charge on any atom is 0.472 e. The molecule has 0 radical (unpaired) electrons. The third kappa shape index (κ3) is 46.7. The van der Waals surface area contributed by atoms with Crippen LogP contribution in [0.2, 0.25) is 0 Å². The number of aliphatic hydroxyl groups excluding tert-OH is 1. The van der Waals surface area contributed by atoms with E-state index in [4.69, 9.17) is 9.05 Å². The zero-order valence-corrected chi connectivity index (χ0v) is 42.5. The third-order valence-electron chi connectivity index (χ3n) is 11.9. The van der Waals surface area contributed by atoms with Gasteiger partial charge in [0.15, 0.2) is 0 Å². The van der Waals surface area contributed by atoms with Crippen LogP contribution in [-0.4, -0.2) is 73.4 Å². The van der Waals surface area contributed by atoms with Crippen molar-refractivity contribution in [3.63, 3.8) is 0 Å². The summed E-state index contributed by atoms with van der Waals surface area (Å²) in [6, 6.07) is -0.853. The summed E-state index contributed by atoms with van der Waals surface area (Å²) in [5.74, 6) is -0.190. The molecule has 366 valence electrons. The van der Waals surface area contributed by atoms with E-state index < -0.39 is 20.0 Å². The highest BCUT2D eigenvalue weighted by Crippen LogP contribution is 2.43. The molecule has 1 amide bonds. The molecule has 0 saturated heterocycles. The zero-order valence-electron chi connectivity index (χ0n) is 41.6. The van der Waals surface area contributed by atoms with Gasteiger partial charge < -0.3 is 19.8 Å². The molecule has 0 aromatic carbocycles. The van der Waals surface area contributed by atoms with Crippen LogP contribution in [0, 0.1) is 0 Å². The summed E-state index contributed by atoms with van der Waals surface area (Å²) >= 11 is 0. The number of allylic oxidation sites excluding steroid dienone is 5. The molecular weight excluding hydrogens is 792 g/mol. The topological polar surface area (TPSA) is 105 Å². The average Bonchev–Trinajstić information content (AvgIpc) is 3.23. The number of unbranched alkanes of at least 4 members (excludes halogenated alkanes) is 31. The van der Waals surface area contributed by atoms with Gasteiger partial charge in [-0.25, -0.2) is 4.57 Å². The highest BCUT2D eigenvalue weighted by molar-refractivity contribution is 7.47. The third-order valence-corrected chi connectivity index (χ3v) is 12.8. The number of quaternary nitrogens is 1. The minimum atomic E-state index is -4.35. The lowest BCUT2D eigenvalue weighted by molar-refractivity contribution is -0.870. The number of rotatable bonds is 48. The Labute approximate surface area is 385 Å². The summed E-state index contributed by atoms with van der Waals surface area (Å²) in [6.07, 6.45) is 56.6. The van der Waals surface area contributed by atoms with Crippen LogP contribution < -0.4 is 5.32 Å². The Hall–Kier alpha value is -1.28. The number of likely N-dealkylation sites (N-methyl/N-ethyl adjacent to an activating group) is 1. The molecule has 0 heterocycles. The molecule has 3 unspecified atom stereocenters. The number of nitrogens with one attached hydrogen (secondary N) is 1. The van der Waals surface area contributed by atoms with Gasteiger partial charge >= 0.3 is 7.82 Å².